The summed E-state index contributed by atoms with van der Waals surface area (Å²) < 4.78 is 30.8. The Labute approximate surface area is 203 Å². The first-order valence-electron chi connectivity index (χ1n) is 10.1. The maximum Gasteiger partial charge on any atom is 0.276 e. The number of carbonyl (C=O) groups excluding carboxylic acids is 2. The summed E-state index contributed by atoms with van der Waals surface area (Å²) in [6, 6.07) is 1.16. The molecular weight excluding hydrogens is 534 g/mol. The summed E-state index contributed by atoms with van der Waals surface area (Å²) in [5.41, 5.74) is -0.135. The number of anilines is 1. The SMILES string of the molecule is O=C(Nc1cn2cc(Br)ncc2n1)c1csc([C@H]2CCCN2C(=O)c2c(F)ccc(O)c2F)n1. The summed E-state index contributed by atoms with van der Waals surface area (Å²) in [7, 11) is 0. The van der Waals surface area contributed by atoms with E-state index in [1.807, 2.05) is 0 Å². The molecule has 0 radical (unpaired) electrons. The molecule has 5 rings (SSSR count). The van der Waals surface area contributed by atoms with Gasteiger partial charge in [-0.05, 0) is 40.9 Å². The molecular formula is C21H15BrF2N6O3S. The number of phenols is 1. The Morgan fingerprint density at radius 3 is 2.88 bits per heavy atom. The zero-order chi connectivity index (χ0) is 24.0. The van der Waals surface area contributed by atoms with Crippen LogP contribution in [0.4, 0.5) is 14.6 Å². The number of phenolic OH excluding ortho intramolecular Hbond substituents is 1. The van der Waals surface area contributed by atoms with Crippen molar-refractivity contribution in [2.45, 2.75) is 18.9 Å². The van der Waals surface area contributed by atoms with Gasteiger partial charge in [0.05, 0.1) is 18.4 Å². The first kappa shape index (κ1) is 22.3. The molecule has 1 aliphatic rings. The van der Waals surface area contributed by atoms with Crippen LogP contribution in [0, 0.1) is 11.6 Å². The fourth-order valence-corrected chi connectivity index (χ4v) is 5.08. The monoisotopic (exact) mass is 548 g/mol. The number of carbonyl (C=O) groups is 2. The molecule has 2 amide bonds. The van der Waals surface area contributed by atoms with E-state index in [4.69, 9.17) is 0 Å². The molecule has 0 saturated carbocycles. The molecule has 9 nitrogen and oxygen atoms in total. The number of rotatable bonds is 4. The number of amides is 2. The Morgan fingerprint density at radius 1 is 1.24 bits per heavy atom. The second-order valence-corrected chi connectivity index (χ2v) is 9.24. The van der Waals surface area contributed by atoms with Crippen molar-refractivity contribution in [3.63, 3.8) is 0 Å². The standard InChI is InChI=1S/C21H15BrF2N6O3S/c22-14-7-29-8-15(27-16(29)6-25-14)28-19(32)11-9-34-20(26-11)12-2-1-5-30(12)21(33)17-10(23)3-4-13(31)18(17)24/h3-4,6-9,12,31H,1-2,5H2,(H,28,32)/t12-/m1/s1. The third-order valence-electron chi connectivity index (χ3n) is 5.39. The average Bonchev–Trinajstić information content (AvgIpc) is 3.54. The van der Waals surface area contributed by atoms with E-state index >= 15 is 0 Å². The normalized spacial score (nSPS) is 15.7. The summed E-state index contributed by atoms with van der Waals surface area (Å²) in [5, 5.41) is 14.3. The lowest BCUT2D eigenvalue weighted by molar-refractivity contribution is 0.0724. The van der Waals surface area contributed by atoms with Crippen molar-refractivity contribution in [3.05, 3.63) is 68.6 Å². The molecule has 34 heavy (non-hydrogen) atoms. The van der Waals surface area contributed by atoms with Crippen molar-refractivity contribution < 1.29 is 23.5 Å². The van der Waals surface area contributed by atoms with E-state index in [0.29, 0.717) is 33.9 Å². The fourth-order valence-electron chi connectivity index (χ4n) is 3.81. The molecule has 1 aliphatic heterocycles. The molecule has 0 spiro atoms. The van der Waals surface area contributed by atoms with Gasteiger partial charge in [-0.25, -0.2) is 23.7 Å². The molecule has 1 aromatic carbocycles. The van der Waals surface area contributed by atoms with Gasteiger partial charge in [0, 0.05) is 18.1 Å². The Kier molecular flexibility index (Phi) is 5.73. The fraction of sp³-hybridized carbons (Fsp3) is 0.190. The highest BCUT2D eigenvalue weighted by atomic mass is 79.9. The zero-order valence-corrected chi connectivity index (χ0v) is 19.6. The number of fused-ring (bicyclic) bond motifs is 1. The van der Waals surface area contributed by atoms with E-state index in [1.165, 1.54) is 16.2 Å². The predicted octanol–water partition coefficient (Wildman–Crippen LogP) is 4.16. The van der Waals surface area contributed by atoms with Crippen LogP contribution in [0.15, 0.2) is 40.7 Å². The molecule has 4 aromatic rings. The molecule has 1 fully saturated rings. The summed E-state index contributed by atoms with van der Waals surface area (Å²) >= 11 is 4.44. The number of hydrogen-bond acceptors (Lipinski definition) is 7. The van der Waals surface area contributed by atoms with E-state index in [-0.39, 0.29) is 12.2 Å². The average molecular weight is 549 g/mol. The second-order valence-electron chi connectivity index (χ2n) is 7.54. The number of halogens is 3. The molecule has 1 saturated heterocycles. The van der Waals surface area contributed by atoms with Gasteiger partial charge < -0.3 is 19.7 Å². The van der Waals surface area contributed by atoms with Crippen molar-refractivity contribution in [3.8, 4) is 5.75 Å². The van der Waals surface area contributed by atoms with Gasteiger partial charge in [0.25, 0.3) is 11.8 Å². The van der Waals surface area contributed by atoms with Crippen molar-refractivity contribution >= 4 is 50.5 Å². The number of thiazole rings is 1. The topological polar surface area (TPSA) is 113 Å². The smallest absolute Gasteiger partial charge is 0.276 e. The number of benzene rings is 1. The molecule has 1 atom stereocenters. The Morgan fingerprint density at radius 2 is 2.06 bits per heavy atom. The number of imidazole rings is 1. The molecule has 3 aromatic heterocycles. The minimum atomic E-state index is -1.30. The van der Waals surface area contributed by atoms with Crippen molar-refractivity contribution in [1.29, 1.82) is 0 Å². The van der Waals surface area contributed by atoms with Crippen LogP contribution in [0.2, 0.25) is 0 Å². The van der Waals surface area contributed by atoms with Crippen LogP contribution < -0.4 is 5.32 Å². The first-order valence-corrected chi connectivity index (χ1v) is 11.7. The van der Waals surface area contributed by atoms with Crippen LogP contribution in [0.3, 0.4) is 0 Å². The molecule has 0 aliphatic carbocycles. The molecule has 2 N–H and O–H groups in total. The van der Waals surface area contributed by atoms with Crippen LogP contribution in [0.25, 0.3) is 5.65 Å². The Balaban J connectivity index is 1.35. The van der Waals surface area contributed by atoms with Gasteiger partial charge in [0.15, 0.2) is 23.0 Å². The number of aromatic hydroxyl groups is 1. The predicted molar refractivity (Wildman–Crippen MR) is 122 cm³/mol. The van der Waals surface area contributed by atoms with E-state index in [0.717, 1.165) is 12.1 Å². The van der Waals surface area contributed by atoms with Gasteiger partial charge >= 0.3 is 0 Å². The Hall–Kier alpha value is -3.45. The van der Waals surface area contributed by atoms with Crippen molar-refractivity contribution in [2.24, 2.45) is 0 Å². The van der Waals surface area contributed by atoms with Gasteiger partial charge in [0.2, 0.25) is 0 Å². The lowest BCUT2D eigenvalue weighted by Crippen LogP contribution is -2.32. The van der Waals surface area contributed by atoms with Gasteiger partial charge in [-0.3, -0.25) is 9.59 Å². The summed E-state index contributed by atoms with van der Waals surface area (Å²) in [6.07, 6.45) is 6.00. The van der Waals surface area contributed by atoms with E-state index in [1.54, 1.807) is 28.4 Å². The third kappa shape index (κ3) is 4.01. The molecule has 0 unspecified atom stereocenters. The van der Waals surface area contributed by atoms with Crippen LogP contribution in [-0.4, -0.2) is 47.7 Å². The first-order chi connectivity index (χ1) is 16.3. The highest BCUT2D eigenvalue weighted by molar-refractivity contribution is 9.10. The minimum absolute atomic E-state index is 0.130. The molecule has 13 heteroatoms. The molecule has 4 heterocycles. The number of nitrogens with one attached hydrogen (secondary N) is 1. The van der Waals surface area contributed by atoms with E-state index in [9.17, 15) is 23.5 Å². The number of likely N-dealkylation sites (tertiary alicyclic amines) is 1. The van der Waals surface area contributed by atoms with Crippen LogP contribution in [0.1, 0.15) is 44.7 Å². The van der Waals surface area contributed by atoms with Gasteiger partial charge in [-0.2, -0.15) is 0 Å². The highest BCUT2D eigenvalue weighted by Crippen LogP contribution is 2.36. The number of nitrogens with zero attached hydrogens (tertiary/aromatic N) is 5. The maximum absolute atomic E-state index is 14.3. The van der Waals surface area contributed by atoms with Crippen LogP contribution in [-0.2, 0) is 0 Å². The quantitative estimate of drug-likeness (QED) is 0.396. The zero-order valence-electron chi connectivity index (χ0n) is 17.2. The summed E-state index contributed by atoms with van der Waals surface area (Å²) in [4.78, 5) is 39.7. The van der Waals surface area contributed by atoms with Gasteiger partial charge in [-0.1, -0.05) is 0 Å². The molecule has 0 bridgehead atoms. The van der Waals surface area contributed by atoms with Crippen LogP contribution >= 0.6 is 27.3 Å². The molecule has 174 valence electrons. The largest absolute Gasteiger partial charge is 0.505 e. The summed E-state index contributed by atoms with van der Waals surface area (Å²) in [5.74, 6) is -4.21. The lowest BCUT2D eigenvalue weighted by atomic mass is 10.1. The number of hydrogen-bond donors (Lipinski definition) is 2. The van der Waals surface area contributed by atoms with Crippen LogP contribution in [0.5, 0.6) is 5.75 Å². The van der Waals surface area contributed by atoms with Gasteiger partial charge in [0.1, 0.15) is 26.7 Å². The maximum atomic E-state index is 14.3. The minimum Gasteiger partial charge on any atom is -0.505 e. The van der Waals surface area contributed by atoms with Crippen molar-refractivity contribution in [1.82, 2.24) is 24.3 Å². The second kappa shape index (κ2) is 8.72. The lowest BCUT2D eigenvalue weighted by Gasteiger charge is -2.23. The van der Waals surface area contributed by atoms with Crippen molar-refractivity contribution in [2.75, 3.05) is 11.9 Å². The Bertz CT molecular complexity index is 1440. The van der Waals surface area contributed by atoms with E-state index < -0.39 is 40.8 Å². The van der Waals surface area contributed by atoms with E-state index in [2.05, 4.69) is 36.2 Å². The number of aromatic nitrogens is 4. The summed E-state index contributed by atoms with van der Waals surface area (Å²) in [6.45, 7) is 0.268. The highest BCUT2D eigenvalue weighted by Gasteiger charge is 2.36. The van der Waals surface area contributed by atoms with Gasteiger partial charge in [-0.15, -0.1) is 11.3 Å². The third-order valence-corrected chi connectivity index (χ3v) is 6.74.